The van der Waals surface area contributed by atoms with Gasteiger partial charge in [0.2, 0.25) is 0 Å². The molecule has 0 N–H and O–H groups in total. The van der Waals surface area contributed by atoms with Crippen LogP contribution in [0, 0.1) is 71.1 Å². The van der Waals surface area contributed by atoms with Crippen molar-refractivity contribution in [2.75, 3.05) is 0 Å². The molecule has 0 saturated heterocycles. The zero-order valence-corrected chi connectivity index (χ0v) is 20.7. The van der Waals surface area contributed by atoms with E-state index in [1.165, 1.54) is 55.7 Å². The van der Waals surface area contributed by atoms with Crippen molar-refractivity contribution in [2.45, 2.75) is 48.5 Å². The number of benzene rings is 2. The van der Waals surface area contributed by atoms with E-state index in [0.717, 1.165) is 0 Å². The Morgan fingerprint density at radius 3 is 1.19 bits per heavy atom. The third-order valence-electron chi connectivity index (χ3n) is 8.22. The molecule has 5 rings (SSSR count). The van der Waals surface area contributed by atoms with Crippen LogP contribution in [-0.2, 0) is 0 Å². The monoisotopic (exact) mass is 420 g/mol. The minimum Gasteiger partial charge on any atom is -0.0796 e. The normalized spacial score (nSPS) is 28.3. The molecule has 4 unspecified atom stereocenters. The Bertz CT molecular complexity index is 1070. The number of rotatable bonds is 2. The largest absolute Gasteiger partial charge is 0.0796 e. The summed E-state index contributed by atoms with van der Waals surface area (Å²) in [4.78, 5) is 0. The van der Waals surface area contributed by atoms with Crippen LogP contribution in [0.5, 0.6) is 0 Å². The van der Waals surface area contributed by atoms with E-state index >= 15 is 0 Å². The Balaban J connectivity index is 1.51. The van der Waals surface area contributed by atoms with E-state index in [0.29, 0.717) is 29.6 Å². The quantitative estimate of drug-likeness (QED) is 0.459. The molecule has 3 aliphatic carbocycles. The van der Waals surface area contributed by atoms with E-state index in [2.05, 4.69) is 109 Å². The second-order valence-electron chi connectivity index (χ2n) is 10.7. The maximum Gasteiger partial charge on any atom is -0.00952 e. The fourth-order valence-corrected chi connectivity index (χ4v) is 7.07. The maximum atomic E-state index is 2.60. The molecule has 0 heterocycles. The summed E-state index contributed by atoms with van der Waals surface area (Å²) >= 11 is 0. The third kappa shape index (κ3) is 3.36. The van der Waals surface area contributed by atoms with Gasteiger partial charge in [-0.25, -0.2) is 0 Å². The van der Waals surface area contributed by atoms with Crippen molar-refractivity contribution in [3.8, 4) is 0 Å². The molecule has 2 aromatic carbocycles. The minimum absolute atomic E-state index is 0.602. The van der Waals surface area contributed by atoms with Gasteiger partial charge in [-0.15, -0.1) is 0 Å². The van der Waals surface area contributed by atoms with Crippen molar-refractivity contribution in [1.29, 1.82) is 0 Å². The summed E-state index contributed by atoms with van der Waals surface area (Å²) in [6, 6.07) is 9.30. The summed E-state index contributed by atoms with van der Waals surface area (Å²) in [5, 5.41) is 0. The van der Waals surface area contributed by atoms with Crippen LogP contribution in [-0.4, -0.2) is 0 Å². The molecule has 3 aliphatic rings. The fourth-order valence-electron chi connectivity index (χ4n) is 7.07. The number of hydrogen-bond donors (Lipinski definition) is 0. The van der Waals surface area contributed by atoms with Gasteiger partial charge in [0.1, 0.15) is 0 Å². The lowest BCUT2D eigenvalue weighted by Crippen LogP contribution is -2.16. The first-order valence-corrected chi connectivity index (χ1v) is 12.2. The molecule has 0 aliphatic heterocycles. The van der Waals surface area contributed by atoms with Gasteiger partial charge in [-0.3, -0.25) is 0 Å². The van der Waals surface area contributed by atoms with Crippen LogP contribution in [0.4, 0.5) is 0 Å². The highest BCUT2D eigenvalue weighted by atomic mass is 14.5. The van der Waals surface area contributed by atoms with Crippen LogP contribution >= 0.6 is 0 Å². The average molecular weight is 421 g/mol. The van der Waals surface area contributed by atoms with Crippen LogP contribution < -0.4 is 0 Å². The second kappa shape index (κ2) is 7.77. The highest BCUT2D eigenvalue weighted by Gasteiger charge is 2.46. The summed E-state index contributed by atoms with van der Waals surface area (Å²) in [5.41, 5.74) is 14.0. The topological polar surface area (TPSA) is 0 Å². The molecule has 1 saturated carbocycles. The molecule has 0 radical (unpaired) electrons. The van der Waals surface area contributed by atoms with Crippen LogP contribution in [0.15, 0.2) is 60.7 Å². The van der Waals surface area contributed by atoms with Gasteiger partial charge in [-0.1, -0.05) is 78.8 Å². The van der Waals surface area contributed by atoms with Crippen molar-refractivity contribution in [3.05, 3.63) is 105 Å². The Morgan fingerprint density at radius 1 is 0.500 bits per heavy atom. The number of aryl methyl sites for hydroxylation is 6. The van der Waals surface area contributed by atoms with Crippen LogP contribution in [0.3, 0.4) is 0 Å². The zero-order chi connectivity index (χ0) is 22.7. The van der Waals surface area contributed by atoms with E-state index < -0.39 is 0 Å². The Kier molecular flexibility index (Phi) is 5.16. The summed E-state index contributed by atoms with van der Waals surface area (Å²) in [6.07, 6.45) is 15.0. The minimum atomic E-state index is 0.602. The van der Waals surface area contributed by atoms with Crippen LogP contribution in [0.1, 0.15) is 51.4 Å². The Labute approximate surface area is 194 Å². The third-order valence-corrected chi connectivity index (χ3v) is 8.22. The number of hydrogen-bond acceptors (Lipinski definition) is 0. The van der Waals surface area contributed by atoms with E-state index in [1.54, 1.807) is 0 Å². The van der Waals surface area contributed by atoms with Gasteiger partial charge >= 0.3 is 0 Å². The summed E-state index contributed by atoms with van der Waals surface area (Å²) in [7, 11) is 0. The molecule has 164 valence electrons. The lowest BCUT2D eigenvalue weighted by atomic mass is 9.78. The Morgan fingerprint density at radius 2 is 0.844 bits per heavy atom. The highest BCUT2D eigenvalue weighted by Crippen LogP contribution is 2.54. The van der Waals surface area contributed by atoms with Crippen LogP contribution in [0.25, 0.3) is 11.1 Å². The Hall–Kier alpha value is -2.60. The van der Waals surface area contributed by atoms with Crippen molar-refractivity contribution in [1.82, 2.24) is 0 Å². The van der Waals surface area contributed by atoms with Crippen molar-refractivity contribution < 1.29 is 0 Å². The van der Waals surface area contributed by atoms with Gasteiger partial charge in [0, 0.05) is 0 Å². The van der Waals surface area contributed by atoms with E-state index in [-0.39, 0.29) is 0 Å². The summed E-state index contributed by atoms with van der Waals surface area (Å²) < 4.78 is 0. The van der Waals surface area contributed by atoms with E-state index in [4.69, 9.17) is 0 Å². The first-order chi connectivity index (χ1) is 15.2. The maximum absolute atomic E-state index is 2.60. The molecule has 0 nitrogen and oxygen atoms in total. The zero-order valence-electron chi connectivity index (χ0n) is 20.7. The molecular formula is C32H36. The lowest BCUT2D eigenvalue weighted by molar-refractivity contribution is 0.416. The van der Waals surface area contributed by atoms with Crippen molar-refractivity contribution >= 4 is 11.1 Å². The van der Waals surface area contributed by atoms with E-state index in [1.807, 2.05) is 0 Å². The van der Waals surface area contributed by atoms with Gasteiger partial charge < -0.3 is 0 Å². The molecule has 2 aromatic rings. The van der Waals surface area contributed by atoms with E-state index in [9.17, 15) is 0 Å². The SMILES string of the molecule is Cc1cc(C)c(C2=CC3C(C)C4C=C(c5c(C)cc(C)cc5C)C=CC4C3C=C2)c(C)c1. The molecule has 0 bridgehead atoms. The summed E-state index contributed by atoms with van der Waals surface area (Å²) in [5.74, 6) is 3.07. The molecular weight excluding hydrogens is 384 g/mol. The average Bonchev–Trinajstić information content (AvgIpc) is 2.98. The van der Waals surface area contributed by atoms with Crippen LogP contribution in [0.2, 0.25) is 0 Å². The molecule has 32 heavy (non-hydrogen) atoms. The van der Waals surface area contributed by atoms with Gasteiger partial charge in [-0.2, -0.15) is 0 Å². The second-order valence-corrected chi connectivity index (χ2v) is 10.7. The molecule has 0 spiro atoms. The number of allylic oxidation sites excluding steroid dienone is 8. The first kappa shape index (κ1) is 21.3. The van der Waals surface area contributed by atoms with Gasteiger partial charge in [-0.05, 0) is 116 Å². The molecule has 4 atom stereocenters. The fraction of sp³-hybridized carbons (Fsp3) is 0.375. The predicted molar refractivity (Wildman–Crippen MR) is 139 cm³/mol. The van der Waals surface area contributed by atoms with Crippen molar-refractivity contribution in [3.63, 3.8) is 0 Å². The smallest absolute Gasteiger partial charge is 0.00952 e. The lowest BCUT2D eigenvalue weighted by Gasteiger charge is -2.26. The predicted octanol–water partition coefficient (Wildman–Crippen LogP) is 8.26. The standard InChI is InChI=1S/C32H36/c1-18-12-20(3)31(21(4)13-18)25-8-10-27-28-11-9-26(17-30(28)24(7)29(27)16-25)32-22(5)14-19(2)15-23(32)6/h8-17,24,27-30H,1-7H3. The molecule has 0 heteroatoms. The van der Waals surface area contributed by atoms with Gasteiger partial charge in [0.05, 0.1) is 0 Å². The van der Waals surface area contributed by atoms with Gasteiger partial charge in [0.15, 0.2) is 0 Å². The molecule has 1 fully saturated rings. The molecule has 0 amide bonds. The highest BCUT2D eigenvalue weighted by molar-refractivity contribution is 5.81. The van der Waals surface area contributed by atoms with Crippen molar-refractivity contribution in [2.24, 2.45) is 29.6 Å². The van der Waals surface area contributed by atoms with Gasteiger partial charge in [0.25, 0.3) is 0 Å². The first-order valence-electron chi connectivity index (χ1n) is 12.2. The molecule has 0 aromatic heterocycles. The summed E-state index contributed by atoms with van der Waals surface area (Å²) in [6.45, 7) is 15.9. The number of fused-ring (bicyclic) bond motifs is 3.